The van der Waals surface area contributed by atoms with Gasteiger partial charge in [-0.2, -0.15) is 0 Å². The smallest absolute Gasteiger partial charge is 0.317 e. The largest absolute Gasteiger partial charge is 0.395 e. The minimum absolute atomic E-state index is 0.0124. The number of aliphatic hydroxyl groups is 1. The predicted molar refractivity (Wildman–Crippen MR) is 65.7 cm³/mol. The molecule has 1 aromatic heterocycles. The lowest BCUT2D eigenvalue weighted by molar-refractivity contribution is 0.180. The lowest BCUT2D eigenvalue weighted by Gasteiger charge is -2.20. The number of nitrogens with one attached hydrogen (secondary N) is 1. The highest BCUT2D eigenvalue weighted by Crippen LogP contribution is 1.94. The number of amides is 2. The van der Waals surface area contributed by atoms with Crippen LogP contribution in [0.3, 0.4) is 0 Å². The first-order valence-electron chi connectivity index (χ1n) is 5.81. The van der Waals surface area contributed by atoms with Gasteiger partial charge in [0.15, 0.2) is 0 Å². The van der Waals surface area contributed by atoms with E-state index in [9.17, 15) is 4.79 Å². The van der Waals surface area contributed by atoms with Crippen molar-refractivity contribution >= 4 is 6.03 Å². The van der Waals surface area contributed by atoms with Crippen molar-refractivity contribution in [2.45, 2.75) is 13.3 Å². The van der Waals surface area contributed by atoms with E-state index in [1.54, 1.807) is 11.1 Å². The number of carbonyl (C=O) groups excluding carboxylic acids is 1. The van der Waals surface area contributed by atoms with Gasteiger partial charge in [-0.15, -0.1) is 0 Å². The molecule has 0 fully saturated rings. The molecule has 2 amide bonds. The zero-order valence-corrected chi connectivity index (χ0v) is 10.1. The third-order valence-electron chi connectivity index (χ3n) is 2.42. The molecule has 0 aliphatic heterocycles. The predicted octanol–water partition coefficient (Wildman–Crippen LogP) is 0.648. The Balaban J connectivity index is 2.28. The van der Waals surface area contributed by atoms with Crippen LogP contribution in [0.4, 0.5) is 4.79 Å². The summed E-state index contributed by atoms with van der Waals surface area (Å²) in [7, 11) is 0. The van der Waals surface area contributed by atoms with Crippen molar-refractivity contribution in [2.75, 3.05) is 26.2 Å². The van der Waals surface area contributed by atoms with Crippen molar-refractivity contribution in [2.24, 2.45) is 0 Å². The summed E-state index contributed by atoms with van der Waals surface area (Å²) in [5, 5.41) is 11.6. The van der Waals surface area contributed by atoms with E-state index in [1.165, 1.54) is 0 Å². The highest BCUT2D eigenvalue weighted by atomic mass is 16.3. The fraction of sp³-hybridized carbons (Fsp3) is 0.500. The van der Waals surface area contributed by atoms with Crippen molar-refractivity contribution in [1.29, 1.82) is 0 Å². The van der Waals surface area contributed by atoms with Gasteiger partial charge in [-0.1, -0.05) is 6.07 Å². The van der Waals surface area contributed by atoms with Crippen LogP contribution in [-0.4, -0.2) is 47.3 Å². The first-order valence-corrected chi connectivity index (χ1v) is 5.81. The fourth-order valence-electron chi connectivity index (χ4n) is 1.48. The summed E-state index contributed by atoms with van der Waals surface area (Å²) in [6.45, 7) is 3.38. The average Bonchev–Trinajstić information content (AvgIpc) is 2.37. The fourth-order valence-corrected chi connectivity index (χ4v) is 1.48. The topological polar surface area (TPSA) is 65.5 Å². The molecule has 0 bridgehead atoms. The van der Waals surface area contributed by atoms with Crippen molar-refractivity contribution in [3.05, 3.63) is 30.1 Å². The number of nitrogens with zero attached hydrogens (tertiary/aromatic N) is 2. The second kappa shape index (κ2) is 7.62. The average molecular weight is 237 g/mol. The van der Waals surface area contributed by atoms with Crippen molar-refractivity contribution in [1.82, 2.24) is 15.2 Å². The number of aliphatic hydroxyl groups excluding tert-OH is 1. The zero-order valence-electron chi connectivity index (χ0n) is 10.1. The molecule has 0 atom stereocenters. The molecule has 1 rings (SSSR count). The lowest BCUT2D eigenvalue weighted by atomic mass is 10.3. The maximum atomic E-state index is 11.6. The maximum absolute atomic E-state index is 11.6. The van der Waals surface area contributed by atoms with Gasteiger partial charge in [0.2, 0.25) is 0 Å². The number of rotatable bonds is 6. The number of urea groups is 1. The van der Waals surface area contributed by atoms with E-state index >= 15 is 0 Å². The molecular weight excluding hydrogens is 218 g/mol. The highest BCUT2D eigenvalue weighted by molar-refractivity contribution is 5.74. The number of aromatic nitrogens is 1. The van der Waals surface area contributed by atoms with Crippen LogP contribution in [0.25, 0.3) is 0 Å². The van der Waals surface area contributed by atoms with Crippen LogP contribution < -0.4 is 5.32 Å². The van der Waals surface area contributed by atoms with E-state index in [1.807, 2.05) is 25.1 Å². The lowest BCUT2D eigenvalue weighted by Crippen LogP contribution is -2.42. The molecule has 0 unspecified atom stereocenters. The molecule has 0 aliphatic carbocycles. The molecule has 1 aromatic rings. The van der Waals surface area contributed by atoms with Crippen LogP contribution in [0.5, 0.6) is 0 Å². The van der Waals surface area contributed by atoms with E-state index in [0.29, 0.717) is 26.1 Å². The summed E-state index contributed by atoms with van der Waals surface area (Å²) in [5.41, 5.74) is 0.956. The monoisotopic (exact) mass is 237 g/mol. The summed E-state index contributed by atoms with van der Waals surface area (Å²) in [6, 6.07) is 5.57. The van der Waals surface area contributed by atoms with Gasteiger partial charge in [0.25, 0.3) is 0 Å². The van der Waals surface area contributed by atoms with E-state index in [0.717, 1.165) is 5.69 Å². The number of carbonyl (C=O) groups is 1. The Kier molecular flexibility index (Phi) is 6.03. The highest BCUT2D eigenvalue weighted by Gasteiger charge is 2.09. The Hall–Kier alpha value is -1.62. The van der Waals surface area contributed by atoms with Crippen molar-refractivity contribution < 1.29 is 9.90 Å². The number of likely N-dealkylation sites (N-methyl/N-ethyl adjacent to an activating group) is 1. The first-order chi connectivity index (χ1) is 8.27. The minimum atomic E-state index is -0.141. The summed E-state index contributed by atoms with van der Waals surface area (Å²) in [4.78, 5) is 17.4. The molecule has 0 radical (unpaired) electrons. The van der Waals surface area contributed by atoms with E-state index in [4.69, 9.17) is 5.11 Å². The van der Waals surface area contributed by atoms with Crippen LogP contribution in [0.1, 0.15) is 12.6 Å². The van der Waals surface area contributed by atoms with Gasteiger partial charge in [-0.3, -0.25) is 4.98 Å². The third kappa shape index (κ3) is 4.82. The van der Waals surface area contributed by atoms with Crippen molar-refractivity contribution in [3.63, 3.8) is 0 Å². The molecule has 0 aliphatic rings. The molecule has 0 aromatic carbocycles. The van der Waals surface area contributed by atoms with Gasteiger partial charge in [0.1, 0.15) is 0 Å². The molecule has 5 heteroatoms. The first kappa shape index (κ1) is 13.4. The maximum Gasteiger partial charge on any atom is 0.317 e. The van der Waals surface area contributed by atoms with Crippen LogP contribution in [0.15, 0.2) is 24.4 Å². The molecule has 94 valence electrons. The van der Waals surface area contributed by atoms with E-state index in [-0.39, 0.29) is 12.6 Å². The van der Waals surface area contributed by atoms with Crippen LogP contribution in [0, 0.1) is 0 Å². The Bertz CT molecular complexity index is 330. The molecule has 0 spiro atoms. The quantitative estimate of drug-likeness (QED) is 0.763. The van der Waals surface area contributed by atoms with Gasteiger partial charge in [0.05, 0.1) is 6.61 Å². The second-order valence-corrected chi connectivity index (χ2v) is 3.61. The summed E-state index contributed by atoms with van der Waals surface area (Å²) in [6.07, 6.45) is 2.45. The van der Waals surface area contributed by atoms with Gasteiger partial charge < -0.3 is 15.3 Å². The molecule has 2 N–H and O–H groups in total. The van der Waals surface area contributed by atoms with Crippen LogP contribution in [0.2, 0.25) is 0 Å². The molecule has 0 saturated carbocycles. The van der Waals surface area contributed by atoms with E-state index < -0.39 is 0 Å². The third-order valence-corrected chi connectivity index (χ3v) is 2.42. The molecule has 5 nitrogen and oxygen atoms in total. The summed E-state index contributed by atoms with van der Waals surface area (Å²) in [5.74, 6) is 0. The molecule has 0 saturated heterocycles. The summed E-state index contributed by atoms with van der Waals surface area (Å²) >= 11 is 0. The van der Waals surface area contributed by atoms with E-state index in [2.05, 4.69) is 10.3 Å². The van der Waals surface area contributed by atoms with Crippen LogP contribution >= 0.6 is 0 Å². The van der Waals surface area contributed by atoms with Gasteiger partial charge in [-0.25, -0.2) is 4.79 Å². The zero-order chi connectivity index (χ0) is 12.5. The summed E-state index contributed by atoms with van der Waals surface area (Å²) < 4.78 is 0. The standard InChI is InChI=1S/C12H19N3O2/c1-2-15(9-10-16)12(17)14-8-6-11-5-3-4-7-13-11/h3-5,7,16H,2,6,8-10H2,1H3,(H,14,17). The van der Waals surface area contributed by atoms with Crippen LogP contribution in [-0.2, 0) is 6.42 Å². The molecular formula is C12H19N3O2. The minimum Gasteiger partial charge on any atom is -0.395 e. The SMILES string of the molecule is CCN(CCO)C(=O)NCCc1ccccn1. The number of pyridine rings is 1. The number of hydrogen-bond donors (Lipinski definition) is 2. The van der Waals surface area contributed by atoms with Gasteiger partial charge in [0, 0.05) is 37.9 Å². The Labute approximate surface area is 101 Å². The second-order valence-electron chi connectivity index (χ2n) is 3.61. The molecule has 17 heavy (non-hydrogen) atoms. The Morgan fingerprint density at radius 2 is 2.35 bits per heavy atom. The Morgan fingerprint density at radius 1 is 1.53 bits per heavy atom. The number of hydrogen-bond acceptors (Lipinski definition) is 3. The van der Waals surface area contributed by atoms with Gasteiger partial charge in [-0.05, 0) is 19.1 Å². The Morgan fingerprint density at radius 3 is 2.94 bits per heavy atom. The van der Waals surface area contributed by atoms with Gasteiger partial charge >= 0.3 is 6.03 Å². The normalized spacial score (nSPS) is 10.0. The van der Waals surface area contributed by atoms with Crippen molar-refractivity contribution in [3.8, 4) is 0 Å². The molecule has 1 heterocycles.